The quantitative estimate of drug-likeness (QED) is 0.646. The molecule has 0 radical (unpaired) electrons. The summed E-state index contributed by atoms with van der Waals surface area (Å²) in [5.41, 5.74) is 0. The summed E-state index contributed by atoms with van der Waals surface area (Å²) in [7, 11) is 1.79. The van der Waals surface area contributed by atoms with Gasteiger partial charge in [0.15, 0.2) is 0 Å². The van der Waals surface area contributed by atoms with Crippen molar-refractivity contribution in [2.45, 2.75) is 25.4 Å². The first-order valence-corrected chi connectivity index (χ1v) is 4.55. The van der Waals surface area contributed by atoms with Gasteiger partial charge in [-0.15, -0.1) is 24.8 Å². The first-order valence-electron chi connectivity index (χ1n) is 4.55. The molecule has 1 aliphatic rings. The largest absolute Gasteiger partial charge is 0.381 e. The third kappa shape index (κ3) is 4.52. The van der Waals surface area contributed by atoms with Gasteiger partial charge in [0.25, 0.3) is 0 Å². The van der Waals surface area contributed by atoms with E-state index in [2.05, 4.69) is 10.8 Å². The molecule has 0 bridgehead atoms. The van der Waals surface area contributed by atoms with Gasteiger partial charge < -0.3 is 9.64 Å². The number of terminal acetylenes is 1. The van der Waals surface area contributed by atoms with E-state index in [0.29, 0.717) is 6.10 Å². The predicted molar refractivity (Wildman–Crippen MR) is 57.2 cm³/mol. The van der Waals surface area contributed by atoms with Crippen molar-refractivity contribution in [1.29, 1.82) is 0 Å². The number of hydrogen-bond donors (Lipinski definition) is 0. The third-order valence-electron chi connectivity index (χ3n) is 2.44. The minimum Gasteiger partial charge on any atom is -0.381 e. The van der Waals surface area contributed by atoms with Gasteiger partial charge in [-0.3, -0.25) is 0 Å². The van der Waals surface area contributed by atoms with Crippen LogP contribution >= 0.6 is 12.4 Å². The summed E-state index contributed by atoms with van der Waals surface area (Å²) in [4.78, 5) is 2.41. The van der Waals surface area contributed by atoms with Crippen molar-refractivity contribution in [3.8, 4) is 12.3 Å². The van der Waals surface area contributed by atoms with Crippen molar-refractivity contribution in [2.75, 3.05) is 26.7 Å². The highest BCUT2D eigenvalue weighted by Gasteiger charge is 2.17. The topological polar surface area (TPSA) is 12.5 Å². The van der Waals surface area contributed by atoms with Gasteiger partial charge >= 0.3 is 0 Å². The maximum Gasteiger partial charge on any atom is 0.0595 e. The molecule has 0 aromatic carbocycles. The van der Waals surface area contributed by atoms with E-state index < -0.39 is 0 Å². The lowest BCUT2D eigenvalue weighted by Gasteiger charge is -2.30. The van der Waals surface area contributed by atoms with Crippen molar-refractivity contribution in [3.63, 3.8) is 0 Å². The Bertz CT molecular complexity index is 159. The zero-order chi connectivity index (χ0) is 8.81. The predicted octanol–water partition coefficient (Wildman–Crippen LogP) is 1.54. The standard InChI is InChI=1S/C10H17NO.ClH/c1-3-4-7-11-8-5-10(12-2)6-9-11;/h1,10H,4-9H2,2H3;1H. The number of hydrogen-bond acceptors (Lipinski definition) is 2. The highest BCUT2D eigenvalue weighted by molar-refractivity contribution is 5.85. The summed E-state index contributed by atoms with van der Waals surface area (Å²) in [5, 5.41) is 0. The summed E-state index contributed by atoms with van der Waals surface area (Å²) >= 11 is 0. The zero-order valence-electron chi connectivity index (χ0n) is 8.16. The van der Waals surface area contributed by atoms with Gasteiger partial charge in [0.2, 0.25) is 0 Å². The minimum absolute atomic E-state index is 0. The molecule has 1 fully saturated rings. The molecule has 1 saturated heterocycles. The fourth-order valence-corrected chi connectivity index (χ4v) is 1.59. The van der Waals surface area contributed by atoms with Crippen LogP contribution in [0.15, 0.2) is 0 Å². The van der Waals surface area contributed by atoms with Crippen LogP contribution in [-0.4, -0.2) is 37.7 Å². The van der Waals surface area contributed by atoms with Crippen LogP contribution < -0.4 is 0 Å². The Morgan fingerprint density at radius 1 is 1.46 bits per heavy atom. The second-order valence-electron chi connectivity index (χ2n) is 3.23. The van der Waals surface area contributed by atoms with Crippen LogP contribution in [0.1, 0.15) is 19.3 Å². The van der Waals surface area contributed by atoms with Gasteiger partial charge in [0.05, 0.1) is 6.10 Å². The summed E-state index contributed by atoms with van der Waals surface area (Å²) in [6.45, 7) is 3.33. The molecule has 0 amide bonds. The monoisotopic (exact) mass is 203 g/mol. The number of nitrogens with zero attached hydrogens (tertiary/aromatic N) is 1. The summed E-state index contributed by atoms with van der Waals surface area (Å²) < 4.78 is 5.28. The summed E-state index contributed by atoms with van der Waals surface area (Å²) in [6.07, 6.45) is 8.86. The van der Waals surface area contributed by atoms with Crippen molar-refractivity contribution in [3.05, 3.63) is 0 Å². The molecule has 2 nitrogen and oxygen atoms in total. The second-order valence-corrected chi connectivity index (χ2v) is 3.23. The fraction of sp³-hybridized carbons (Fsp3) is 0.800. The highest BCUT2D eigenvalue weighted by atomic mass is 35.5. The molecule has 0 N–H and O–H groups in total. The van der Waals surface area contributed by atoms with E-state index in [9.17, 15) is 0 Å². The Labute approximate surface area is 87.0 Å². The van der Waals surface area contributed by atoms with Crippen LogP contribution in [0.3, 0.4) is 0 Å². The fourth-order valence-electron chi connectivity index (χ4n) is 1.59. The molecule has 3 heteroatoms. The molecule has 0 atom stereocenters. The molecule has 1 heterocycles. The van der Waals surface area contributed by atoms with Gasteiger partial charge in [-0.05, 0) is 12.8 Å². The number of piperidine rings is 1. The SMILES string of the molecule is C#CCCN1CCC(OC)CC1.Cl. The van der Waals surface area contributed by atoms with E-state index in [1.54, 1.807) is 7.11 Å². The number of ether oxygens (including phenoxy) is 1. The van der Waals surface area contributed by atoms with E-state index in [1.165, 1.54) is 0 Å². The van der Waals surface area contributed by atoms with Gasteiger partial charge in [-0.25, -0.2) is 0 Å². The molecule has 76 valence electrons. The Hall–Kier alpha value is -0.230. The van der Waals surface area contributed by atoms with Crippen LogP contribution in [0.5, 0.6) is 0 Å². The molecule has 1 aliphatic heterocycles. The van der Waals surface area contributed by atoms with E-state index in [-0.39, 0.29) is 12.4 Å². The molecule has 0 spiro atoms. The zero-order valence-corrected chi connectivity index (χ0v) is 8.98. The average molecular weight is 204 g/mol. The third-order valence-corrected chi connectivity index (χ3v) is 2.44. The van der Waals surface area contributed by atoms with Gasteiger partial charge in [0, 0.05) is 33.2 Å². The lowest BCUT2D eigenvalue weighted by Crippen LogP contribution is -2.37. The van der Waals surface area contributed by atoms with Crippen molar-refractivity contribution < 1.29 is 4.74 Å². The van der Waals surface area contributed by atoms with Gasteiger partial charge in [-0.2, -0.15) is 0 Å². The van der Waals surface area contributed by atoms with Crippen molar-refractivity contribution in [1.82, 2.24) is 4.90 Å². The molecule has 0 saturated carbocycles. The Morgan fingerprint density at radius 2 is 2.08 bits per heavy atom. The van der Waals surface area contributed by atoms with Crippen LogP contribution in [0.2, 0.25) is 0 Å². The number of halogens is 1. The maximum atomic E-state index is 5.28. The van der Waals surface area contributed by atoms with Crippen LogP contribution in [-0.2, 0) is 4.74 Å². The van der Waals surface area contributed by atoms with Gasteiger partial charge in [0.1, 0.15) is 0 Å². The highest BCUT2D eigenvalue weighted by Crippen LogP contribution is 2.12. The van der Waals surface area contributed by atoms with E-state index in [4.69, 9.17) is 11.2 Å². The lowest BCUT2D eigenvalue weighted by atomic mass is 10.1. The molecule has 1 rings (SSSR count). The van der Waals surface area contributed by atoms with Crippen molar-refractivity contribution in [2.24, 2.45) is 0 Å². The van der Waals surface area contributed by atoms with Gasteiger partial charge in [-0.1, -0.05) is 0 Å². The second kappa shape index (κ2) is 7.20. The molecular weight excluding hydrogens is 186 g/mol. The number of rotatable bonds is 3. The molecule has 0 aliphatic carbocycles. The number of methoxy groups -OCH3 is 1. The van der Waals surface area contributed by atoms with Crippen LogP contribution in [0.4, 0.5) is 0 Å². The molecule has 0 unspecified atom stereocenters. The van der Waals surface area contributed by atoms with Crippen LogP contribution in [0, 0.1) is 12.3 Å². The summed E-state index contributed by atoms with van der Waals surface area (Å²) in [6, 6.07) is 0. The Kier molecular flexibility index (Phi) is 7.07. The average Bonchev–Trinajstić information content (AvgIpc) is 2.15. The molecule has 13 heavy (non-hydrogen) atoms. The van der Waals surface area contributed by atoms with E-state index in [1.807, 2.05) is 0 Å². The normalized spacial score (nSPS) is 19.1. The minimum atomic E-state index is 0. The molecule has 0 aromatic heterocycles. The Balaban J connectivity index is 0.00000144. The molecular formula is C10H18ClNO. The first-order chi connectivity index (χ1) is 5.86. The smallest absolute Gasteiger partial charge is 0.0595 e. The van der Waals surface area contributed by atoms with Crippen LogP contribution in [0.25, 0.3) is 0 Å². The molecule has 0 aromatic rings. The van der Waals surface area contributed by atoms with Crippen molar-refractivity contribution >= 4 is 12.4 Å². The Morgan fingerprint density at radius 3 is 2.54 bits per heavy atom. The lowest BCUT2D eigenvalue weighted by molar-refractivity contribution is 0.0418. The summed E-state index contributed by atoms with van der Waals surface area (Å²) in [5.74, 6) is 2.67. The van der Waals surface area contributed by atoms with E-state index >= 15 is 0 Å². The maximum absolute atomic E-state index is 5.28. The van der Waals surface area contributed by atoms with E-state index in [0.717, 1.165) is 38.9 Å². The first kappa shape index (κ1) is 12.8. The number of likely N-dealkylation sites (tertiary alicyclic amines) is 1.